The minimum Gasteiger partial charge on any atom is -0.480 e. The number of aliphatic carboxylic acids is 1. The Kier molecular flexibility index (Phi) is 3.33. The van der Waals surface area contributed by atoms with Crippen LogP contribution in [0.5, 0.6) is 0 Å². The molecule has 0 aromatic heterocycles. The van der Waals surface area contributed by atoms with Gasteiger partial charge in [0.25, 0.3) is 0 Å². The van der Waals surface area contributed by atoms with Crippen molar-refractivity contribution in [1.82, 2.24) is 10.2 Å². The lowest BCUT2D eigenvalue weighted by Crippen LogP contribution is -2.47. The van der Waals surface area contributed by atoms with Crippen molar-refractivity contribution in [2.45, 2.75) is 38.8 Å². The summed E-state index contributed by atoms with van der Waals surface area (Å²) in [6.07, 6.45) is 1.32. The zero-order valence-electron chi connectivity index (χ0n) is 8.49. The minimum atomic E-state index is -0.915. The van der Waals surface area contributed by atoms with Crippen molar-refractivity contribution in [3.63, 3.8) is 0 Å². The van der Waals surface area contributed by atoms with Crippen LogP contribution in [0.2, 0.25) is 0 Å². The first-order valence-electron chi connectivity index (χ1n) is 4.82. The van der Waals surface area contributed by atoms with Crippen molar-refractivity contribution in [3.8, 4) is 0 Å². The van der Waals surface area contributed by atoms with Gasteiger partial charge in [-0.15, -0.1) is 0 Å². The van der Waals surface area contributed by atoms with Crippen LogP contribution in [-0.2, 0) is 4.79 Å². The number of carboxylic acids is 1. The van der Waals surface area contributed by atoms with E-state index in [1.54, 1.807) is 0 Å². The number of carbonyl (C=O) groups excluding carboxylic acids is 1. The second kappa shape index (κ2) is 4.30. The largest absolute Gasteiger partial charge is 0.480 e. The van der Waals surface area contributed by atoms with Gasteiger partial charge in [-0.2, -0.15) is 0 Å². The summed E-state index contributed by atoms with van der Waals surface area (Å²) in [5.41, 5.74) is 0. The summed E-state index contributed by atoms with van der Waals surface area (Å²) in [5, 5.41) is 11.5. The zero-order valence-corrected chi connectivity index (χ0v) is 8.49. The van der Waals surface area contributed by atoms with E-state index in [0.29, 0.717) is 13.0 Å². The zero-order chi connectivity index (χ0) is 10.7. The van der Waals surface area contributed by atoms with Gasteiger partial charge in [-0.05, 0) is 26.7 Å². The molecule has 0 aromatic carbocycles. The fourth-order valence-corrected chi connectivity index (χ4v) is 1.60. The van der Waals surface area contributed by atoms with Crippen molar-refractivity contribution in [2.24, 2.45) is 0 Å². The van der Waals surface area contributed by atoms with Crippen LogP contribution < -0.4 is 5.32 Å². The van der Waals surface area contributed by atoms with E-state index in [9.17, 15) is 9.59 Å². The summed E-state index contributed by atoms with van der Waals surface area (Å²) < 4.78 is 0. The normalized spacial score (nSPS) is 21.4. The van der Waals surface area contributed by atoms with Crippen LogP contribution in [-0.4, -0.2) is 40.6 Å². The maximum Gasteiger partial charge on any atom is 0.326 e. The Morgan fingerprint density at radius 1 is 1.50 bits per heavy atom. The number of rotatable bonds is 2. The molecular formula is C9H16N2O3. The van der Waals surface area contributed by atoms with Crippen molar-refractivity contribution >= 4 is 12.0 Å². The fraction of sp³-hybridized carbons (Fsp3) is 0.778. The van der Waals surface area contributed by atoms with Crippen LogP contribution in [0, 0.1) is 0 Å². The molecule has 2 N–H and O–H groups in total. The van der Waals surface area contributed by atoms with E-state index in [0.717, 1.165) is 6.42 Å². The maximum atomic E-state index is 11.5. The predicted molar refractivity (Wildman–Crippen MR) is 51.0 cm³/mol. The molecule has 1 aliphatic heterocycles. The van der Waals surface area contributed by atoms with Crippen LogP contribution >= 0.6 is 0 Å². The molecule has 14 heavy (non-hydrogen) atoms. The van der Waals surface area contributed by atoms with Gasteiger partial charge >= 0.3 is 12.0 Å². The van der Waals surface area contributed by atoms with Gasteiger partial charge in [-0.1, -0.05) is 0 Å². The van der Waals surface area contributed by atoms with Crippen molar-refractivity contribution in [2.75, 3.05) is 6.54 Å². The van der Waals surface area contributed by atoms with Gasteiger partial charge in [0, 0.05) is 12.6 Å². The van der Waals surface area contributed by atoms with Crippen LogP contribution in [0.3, 0.4) is 0 Å². The second-order valence-electron chi connectivity index (χ2n) is 3.79. The Balaban J connectivity index is 2.58. The number of carbonyl (C=O) groups is 2. The summed E-state index contributed by atoms with van der Waals surface area (Å²) in [5.74, 6) is -0.915. The van der Waals surface area contributed by atoms with E-state index in [4.69, 9.17) is 5.11 Å². The highest BCUT2D eigenvalue weighted by molar-refractivity contribution is 5.83. The molecule has 1 saturated heterocycles. The van der Waals surface area contributed by atoms with E-state index in [2.05, 4.69) is 5.32 Å². The predicted octanol–water partition coefficient (Wildman–Crippen LogP) is 0.653. The van der Waals surface area contributed by atoms with Crippen molar-refractivity contribution < 1.29 is 14.7 Å². The first-order valence-corrected chi connectivity index (χ1v) is 4.82. The Labute approximate surface area is 83.1 Å². The Morgan fingerprint density at radius 2 is 2.14 bits per heavy atom. The summed E-state index contributed by atoms with van der Waals surface area (Å²) in [7, 11) is 0. The van der Waals surface area contributed by atoms with Crippen LogP contribution in [0.4, 0.5) is 4.79 Å². The summed E-state index contributed by atoms with van der Waals surface area (Å²) in [6.45, 7) is 4.24. The first kappa shape index (κ1) is 10.8. The lowest BCUT2D eigenvalue weighted by atomic mass is 10.2. The van der Waals surface area contributed by atoms with Gasteiger partial charge in [0.15, 0.2) is 0 Å². The monoisotopic (exact) mass is 200 g/mol. The molecule has 1 aliphatic rings. The Hall–Kier alpha value is -1.26. The number of nitrogens with zero attached hydrogens (tertiary/aromatic N) is 1. The summed E-state index contributed by atoms with van der Waals surface area (Å²) in [6, 6.07) is -0.879. The summed E-state index contributed by atoms with van der Waals surface area (Å²) >= 11 is 0. The molecule has 1 heterocycles. The van der Waals surface area contributed by atoms with Crippen LogP contribution in [0.25, 0.3) is 0 Å². The molecule has 0 bridgehead atoms. The molecule has 0 aromatic rings. The molecule has 0 aliphatic carbocycles. The average molecular weight is 200 g/mol. The molecule has 80 valence electrons. The molecule has 1 rings (SSSR count). The quantitative estimate of drug-likeness (QED) is 0.687. The highest BCUT2D eigenvalue weighted by atomic mass is 16.4. The molecule has 1 atom stereocenters. The second-order valence-corrected chi connectivity index (χ2v) is 3.79. The maximum absolute atomic E-state index is 11.5. The number of amides is 2. The van der Waals surface area contributed by atoms with E-state index < -0.39 is 12.0 Å². The Morgan fingerprint density at radius 3 is 2.64 bits per heavy atom. The third kappa shape index (κ3) is 2.37. The fourth-order valence-electron chi connectivity index (χ4n) is 1.60. The van der Waals surface area contributed by atoms with Crippen molar-refractivity contribution in [1.29, 1.82) is 0 Å². The molecule has 0 saturated carbocycles. The van der Waals surface area contributed by atoms with Crippen LogP contribution in [0.15, 0.2) is 0 Å². The number of nitrogens with one attached hydrogen (secondary N) is 1. The highest BCUT2D eigenvalue weighted by Crippen LogP contribution is 2.17. The van der Waals surface area contributed by atoms with Gasteiger partial charge in [-0.25, -0.2) is 9.59 Å². The SMILES string of the molecule is CC(C)NC(=O)N1CCC[C@@H]1C(=O)O. The molecule has 0 radical (unpaired) electrons. The smallest absolute Gasteiger partial charge is 0.326 e. The number of carboxylic acid groups (broad SMARTS) is 1. The average Bonchev–Trinajstić information content (AvgIpc) is 2.49. The standard InChI is InChI=1S/C9H16N2O3/c1-6(2)10-9(14)11-5-3-4-7(11)8(12)13/h6-7H,3-5H2,1-2H3,(H,10,14)(H,12,13)/t7-/m1/s1. The van der Waals surface area contributed by atoms with E-state index in [1.165, 1.54) is 4.90 Å². The minimum absolute atomic E-state index is 0.0394. The Bertz CT molecular complexity index is 240. The molecule has 1 fully saturated rings. The van der Waals surface area contributed by atoms with E-state index >= 15 is 0 Å². The molecule has 0 unspecified atom stereocenters. The van der Waals surface area contributed by atoms with Gasteiger partial charge in [0.2, 0.25) is 0 Å². The molecule has 2 amide bonds. The van der Waals surface area contributed by atoms with E-state index in [-0.39, 0.29) is 12.1 Å². The van der Waals surface area contributed by atoms with Crippen LogP contribution in [0.1, 0.15) is 26.7 Å². The first-order chi connectivity index (χ1) is 6.52. The third-order valence-electron chi connectivity index (χ3n) is 2.21. The molecule has 5 heteroatoms. The van der Waals surface area contributed by atoms with Crippen molar-refractivity contribution in [3.05, 3.63) is 0 Å². The topological polar surface area (TPSA) is 69.6 Å². The number of hydrogen-bond donors (Lipinski definition) is 2. The lowest BCUT2D eigenvalue weighted by molar-refractivity contribution is -0.141. The van der Waals surface area contributed by atoms with Gasteiger partial charge in [0.05, 0.1) is 0 Å². The summed E-state index contributed by atoms with van der Waals surface area (Å²) in [4.78, 5) is 23.7. The third-order valence-corrected chi connectivity index (χ3v) is 2.21. The lowest BCUT2D eigenvalue weighted by Gasteiger charge is -2.23. The highest BCUT2D eigenvalue weighted by Gasteiger charge is 2.33. The number of likely N-dealkylation sites (tertiary alicyclic amines) is 1. The molecular weight excluding hydrogens is 184 g/mol. The van der Waals surface area contributed by atoms with E-state index in [1.807, 2.05) is 13.8 Å². The molecule has 0 spiro atoms. The van der Waals surface area contributed by atoms with Gasteiger partial charge in [-0.3, -0.25) is 0 Å². The number of hydrogen-bond acceptors (Lipinski definition) is 2. The number of urea groups is 1. The molecule has 5 nitrogen and oxygen atoms in total. The van der Waals surface area contributed by atoms with Gasteiger partial charge in [0.1, 0.15) is 6.04 Å². The van der Waals surface area contributed by atoms with Gasteiger partial charge < -0.3 is 15.3 Å².